The van der Waals surface area contributed by atoms with Crippen LogP contribution in [-0.2, 0) is 14.3 Å². The maximum Gasteiger partial charge on any atom is 0.306 e. The van der Waals surface area contributed by atoms with Gasteiger partial charge in [0.1, 0.15) is 6.10 Å². The topological polar surface area (TPSA) is 104 Å². The minimum Gasteiger partial charge on any atom is -0.481 e. The number of unbranched alkanes of at least 4 members (excludes halogenated alkanes) is 12. The SMILES string of the molecule is CCCCCCCCCCCCCCCC(=O)O[C@@H]1CC[C@@]2(C)[C@@H](C1)C[C@@H](O)[C@@H]1[C@@H]2C[C@H](O)[C@]2(C)[C@@H]([C@H](C)CCC(=O)O)CC[C@@H]12. The van der Waals surface area contributed by atoms with Crippen molar-refractivity contribution in [3.8, 4) is 0 Å². The number of hydrogen-bond donors (Lipinski definition) is 3. The molecular formula is C40H70O6. The van der Waals surface area contributed by atoms with E-state index in [9.17, 15) is 24.9 Å². The Morgan fingerprint density at radius 3 is 2.00 bits per heavy atom. The number of esters is 1. The average Bonchev–Trinajstić information content (AvgIpc) is 3.38. The van der Waals surface area contributed by atoms with Gasteiger partial charge in [-0.05, 0) is 104 Å². The van der Waals surface area contributed by atoms with Gasteiger partial charge in [-0.1, -0.05) is 105 Å². The van der Waals surface area contributed by atoms with Crippen molar-refractivity contribution in [2.75, 3.05) is 0 Å². The highest BCUT2D eigenvalue weighted by molar-refractivity contribution is 5.69. The lowest BCUT2D eigenvalue weighted by molar-refractivity contribution is -0.209. The zero-order chi connectivity index (χ0) is 33.3. The van der Waals surface area contributed by atoms with Gasteiger partial charge in [-0.3, -0.25) is 9.59 Å². The van der Waals surface area contributed by atoms with Gasteiger partial charge in [-0.15, -0.1) is 0 Å². The van der Waals surface area contributed by atoms with E-state index in [4.69, 9.17) is 4.74 Å². The number of hydrogen-bond acceptors (Lipinski definition) is 5. The van der Waals surface area contributed by atoms with Crippen molar-refractivity contribution >= 4 is 11.9 Å². The quantitative estimate of drug-likeness (QED) is 0.0954. The lowest BCUT2D eigenvalue weighted by atomic mass is 9.43. The van der Waals surface area contributed by atoms with Gasteiger partial charge in [0.25, 0.3) is 0 Å². The van der Waals surface area contributed by atoms with E-state index >= 15 is 0 Å². The third-order valence-corrected chi connectivity index (χ3v) is 14.1. The van der Waals surface area contributed by atoms with Crippen molar-refractivity contribution in [1.82, 2.24) is 0 Å². The molecule has 4 rings (SSSR count). The Hall–Kier alpha value is -1.14. The molecule has 0 aliphatic heterocycles. The Balaban J connectivity index is 1.19. The van der Waals surface area contributed by atoms with Crippen LogP contribution >= 0.6 is 0 Å². The molecular weight excluding hydrogens is 576 g/mol. The number of aliphatic hydroxyl groups excluding tert-OH is 2. The molecule has 4 fully saturated rings. The van der Waals surface area contributed by atoms with Crippen molar-refractivity contribution in [1.29, 1.82) is 0 Å². The molecule has 0 saturated heterocycles. The predicted octanol–water partition coefficient (Wildman–Crippen LogP) is 9.48. The van der Waals surface area contributed by atoms with Crippen molar-refractivity contribution < 1.29 is 29.6 Å². The molecule has 266 valence electrons. The number of carbonyl (C=O) groups is 2. The van der Waals surface area contributed by atoms with Crippen LogP contribution in [0.5, 0.6) is 0 Å². The molecule has 6 heteroatoms. The molecule has 0 amide bonds. The number of fused-ring (bicyclic) bond motifs is 5. The van der Waals surface area contributed by atoms with E-state index in [2.05, 4.69) is 27.7 Å². The molecule has 0 aromatic rings. The summed E-state index contributed by atoms with van der Waals surface area (Å²) in [6, 6.07) is 0. The van der Waals surface area contributed by atoms with E-state index in [-0.39, 0.29) is 58.9 Å². The van der Waals surface area contributed by atoms with Crippen molar-refractivity contribution in [2.45, 2.75) is 194 Å². The summed E-state index contributed by atoms with van der Waals surface area (Å²) < 4.78 is 6.04. The summed E-state index contributed by atoms with van der Waals surface area (Å²) in [7, 11) is 0. The summed E-state index contributed by atoms with van der Waals surface area (Å²) in [4.78, 5) is 24.0. The highest BCUT2D eigenvalue weighted by Crippen LogP contribution is 2.68. The first-order valence-electron chi connectivity index (χ1n) is 19.8. The minimum absolute atomic E-state index is 0.0389. The molecule has 0 heterocycles. The lowest BCUT2D eigenvalue weighted by Gasteiger charge is -2.63. The third kappa shape index (κ3) is 8.90. The molecule has 0 bridgehead atoms. The summed E-state index contributed by atoms with van der Waals surface area (Å²) in [6.45, 7) is 9.06. The average molecular weight is 647 g/mol. The first-order valence-corrected chi connectivity index (χ1v) is 19.8. The fraction of sp³-hybridized carbons (Fsp3) is 0.950. The monoisotopic (exact) mass is 647 g/mol. The zero-order valence-corrected chi connectivity index (χ0v) is 30.0. The first-order chi connectivity index (χ1) is 22.0. The molecule has 4 aliphatic carbocycles. The van der Waals surface area contributed by atoms with Gasteiger partial charge >= 0.3 is 11.9 Å². The number of aliphatic hydroxyl groups is 2. The van der Waals surface area contributed by atoms with E-state index < -0.39 is 18.2 Å². The van der Waals surface area contributed by atoms with Gasteiger partial charge in [-0.25, -0.2) is 0 Å². The number of aliphatic carboxylic acids is 1. The van der Waals surface area contributed by atoms with Crippen molar-refractivity contribution in [3.05, 3.63) is 0 Å². The molecule has 6 nitrogen and oxygen atoms in total. The van der Waals surface area contributed by atoms with Gasteiger partial charge < -0.3 is 20.1 Å². The van der Waals surface area contributed by atoms with Crippen LogP contribution in [-0.4, -0.2) is 45.6 Å². The molecule has 4 aliphatic rings. The molecule has 0 spiro atoms. The number of ether oxygens (including phenoxy) is 1. The molecule has 0 radical (unpaired) electrons. The van der Waals surface area contributed by atoms with Crippen LogP contribution in [0.4, 0.5) is 0 Å². The molecule has 3 N–H and O–H groups in total. The second-order valence-corrected chi connectivity index (χ2v) is 16.9. The number of carboxylic acid groups (broad SMARTS) is 1. The third-order valence-electron chi connectivity index (χ3n) is 14.1. The van der Waals surface area contributed by atoms with Crippen LogP contribution in [0.3, 0.4) is 0 Å². The van der Waals surface area contributed by atoms with Gasteiger partial charge in [-0.2, -0.15) is 0 Å². The second-order valence-electron chi connectivity index (χ2n) is 16.9. The molecule has 0 aromatic carbocycles. The summed E-state index contributed by atoms with van der Waals surface area (Å²) >= 11 is 0. The molecule has 0 unspecified atom stereocenters. The largest absolute Gasteiger partial charge is 0.481 e. The highest BCUT2D eigenvalue weighted by atomic mass is 16.5. The Kier molecular flexibility index (Phi) is 14.3. The lowest BCUT2D eigenvalue weighted by Crippen LogP contribution is -2.62. The van der Waals surface area contributed by atoms with Crippen molar-refractivity contribution in [2.24, 2.45) is 46.3 Å². The molecule has 4 saturated carbocycles. The number of carbonyl (C=O) groups excluding carboxylic acids is 1. The van der Waals surface area contributed by atoms with E-state index in [1.165, 1.54) is 70.6 Å². The van der Waals surface area contributed by atoms with Crippen LogP contribution in [0.2, 0.25) is 0 Å². The van der Waals surface area contributed by atoms with Crippen LogP contribution in [0, 0.1) is 46.3 Å². The van der Waals surface area contributed by atoms with Crippen LogP contribution in [0.15, 0.2) is 0 Å². The Morgan fingerprint density at radius 2 is 1.39 bits per heavy atom. The summed E-state index contributed by atoms with van der Waals surface area (Å²) in [5.74, 6) is 0.742. The van der Waals surface area contributed by atoms with E-state index in [0.29, 0.717) is 25.2 Å². The standard InChI is InChI=1S/C40H70O6/c1-5-6-7-8-9-10-11-12-13-14-15-16-17-18-37(45)46-30-23-24-39(3)29(25-30)26-34(41)38-32-21-20-31(28(2)19-22-36(43)44)40(32,4)35(42)27-33(38)39/h28-35,38,41-42H,5-27H2,1-4H3,(H,43,44)/t28-,29+,30-,31-,32+,33+,34-,35+,38+,39+,40-/m1/s1. The van der Waals surface area contributed by atoms with Gasteiger partial charge in [0.2, 0.25) is 0 Å². The fourth-order valence-corrected chi connectivity index (χ4v) is 11.3. The maximum absolute atomic E-state index is 12.8. The van der Waals surface area contributed by atoms with E-state index in [1.54, 1.807) is 0 Å². The predicted molar refractivity (Wildman–Crippen MR) is 184 cm³/mol. The zero-order valence-electron chi connectivity index (χ0n) is 30.0. The molecule has 0 aromatic heterocycles. The van der Waals surface area contributed by atoms with Crippen molar-refractivity contribution in [3.63, 3.8) is 0 Å². The summed E-state index contributed by atoms with van der Waals surface area (Å²) in [5, 5.41) is 32.7. The normalized spacial score (nSPS) is 37.6. The number of rotatable bonds is 19. The number of carboxylic acids is 1. The molecule has 11 atom stereocenters. The fourth-order valence-electron chi connectivity index (χ4n) is 11.3. The van der Waals surface area contributed by atoms with Gasteiger partial charge in [0.15, 0.2) is 0 Å². The van der Waals surface area contributed by atoms with Crippen LogP contribution in [0.1, 0.15) is 175 Å². The van der Waals surface area contributed by atoms with Gasteiger partial charge in [0, 0.05) is 12.8 Å². The Bertz CT molecular complexity index is 952. The second kappa shape index (κ2) is 17.5. The van der Waals surface area contributed by atoms with E-state index in [1.807, 2.05) is 0 Å². The summed E-state index contributed by atoms with van der Waals surface area (Å²) in [6.07, 6.45) is 23.4. The smallest absolute Gasteiger partial charge is 0.306 e. The van der Waals surface area contributed by atoms with E-state index in [0.717, 1.165) is 51.4 Å². The maximum atomic E-state index is 12.8. The van der Waals surface area contributed by atoms with Crippen LogP contribution < -0.4 is 0 Å². The summed E-state index contributed by atoms with van der Waals surface area (Å²) in [5.41, 5.74) is -0.235. The highest BCUT2D eigenvalue weighted by Gasteiger charge is 2.65. The first kappa shape index (κ1) is 37.7. The Labute approximate surface area is 281 Å². The van der Waals surface area contributed by atoms with Gasteiger partial charge in [0.05, 0.1) is 12.2 Å². The Morgan fingerprint density at radius 1 is 0.783 bits per heavy atom. The minimum atomic E-state index is -0.752. The molecule has 46 heavy (non-hydrogen) atoms. The van der Waals surface area contributed by atoms with Crippen LogP contribution in [0.25, 0.3) is 0 Å².